The molecular weight excluding hydrogens is 487 g/mol. The van der Waals surface area contributed by atoms with E-state index in [1.165, 1.54) is 35.0 Å². The number of halogens is 2. The predicted octanol–water partition coefficient (Wildman–Crippen LogP) is 4.09. The van der Waals surface area contributed by atoms with Crippen molar-refractivity contribution in [2.24, 2.45) is 12.2 Å². The van der Waals surface area contributed by atoms with Gasteiger partial charge < -0.3 is 9.77 Å². The number of hydrogen-bond acceptors (Lipinski definition) is 5. The molecule has 1 aromatic heterocycles. The van der Waals surface area contributed by atoms with Crippen LogP contribution >= 0.6 is 15.9 Å². The molecule has 6 nitrogen and oxygen atoms in total. The smallest absolute Gasteiger partial charge is 0.250 e. The Balaban J connectivity index is 2.18. The highest BCUT2D eigenvalue weighted by molar-refractivity contribution is 9.10. The molecule has 1 heterocycles. The zero-order chi connectivity index (χ0) is 22.8. The summed E-state index contributed by atoms with van der Waals surface area (Å²) in [6.07, 6.45) is 2.68. The third kappa shape index (κ3) is 5.29. The number of aryl methyl sites for hydroxylation is 1. The molecule has 3 rings (SSSR count). The Kier molecular flexibility index (Phi) is 6.76. The van der Waals surface area contributed by atoms with Crippen molar-refractivity contribution in [3.8, 4) is 0 Å². The van der Waals surface area contributed by atoms with Crippen LogP contribution in [0.3, 0.4) is 0 Å². The second kappa shape index (κ2) is 9.15. The molecule has 3 aromatic rings. The van der Waals surface area contributed by atoms with Crippen LogP contribution in [0.1, 0.15) is 29.0 Å². The molecule has 0 fully saturated rings. The van der Waals surface area contributed by atoms with Gasteiger partial charge in [0.1, 0.15) is 5.82 Å². The van der Waals surface area contributed by atoms with Gasteiger partial charge in [0, 0.05) is 47.9 Å². The van der Waals surface area contributed by atoms with E-state index < -0.39 is 21.6 Å². The zero-order valence-corrected chi connectivity index (χ0v) is 19.2. The number of sulfone groups is 1. The first-order valence-corrected chi connectivity index (χ1v) is 11.9. The maximum atomic E-state index is 13.9. The van der Waals surface area contributed by atoms with Crippen molar-refractivity contribution in [1.29, 1.82) is 0 Å². The summed E-state index contributed by atoms with van der Waals surface area (Å²) < 4.78 is 40.9. The van der Waals surface area contributed by atoms with Gasteiger partial charge in [0.15, 0.2) is 9.84 Å². The Bertz CT molecular complexity index is 1300. The van der Waals surface area contributed by atoms with Crippen LogP contribution in [0, 0.1) is 5.82 Å². The minimum absolute atomic E-state index is 0.116. The molecule has 1 atom stereocenters. The monoisotopic (exact) mass is 506 g/mol. The van der Waals surface area contributed by atoms with E-state index in [1.807, 2.05) is 24.3 Å². The van der Waals surface area contributed by atoms with E-state index in [9.17, 15) is 22.8 Å². The van der Waals surface area contributed by atoms with Crippen molar-refractivity contribution in [2.45, 2.75) is 17.2 Å². The van der Waals surface area contributed by atoms with Crippen LogP contribution in [0.25, 0.3) is 0 Å². The van der Waals surface area contributed by atoms with Gasteiger partial charge in [-0.1, -0.05) is 39.3 Å². The molecule has 9 heteroatoms. The lowest BCUT2D eigenvalue weighted by Crippen LogP contribution is -2.19. The van der Waals surface area contributed by atoms with Crippen molar-refractivity contribution in [3.63, 3.8) is 0 Å². The predicted molar refractivity (Wildman–Crippen MR) is 120 cm³/mol. The van der Waals surface area contributed by atoms with Gasteiger partial charge >= 0.3 is 0 Å². The fourth-order valence-corrected chi connectivity index (χ4v) is 4.62. The van der Waals surface area contributed by atoms with Crippen LogP contribution in [0.2, 0.25) is 0 Å². The zero-order valence-electron chi connectivity index (χ0n) is 16.8. The van der Waals surface area contributed by atoms with Gasteiger partial charge in [0.05, 0.1) is 10.6 Å². The molecule has 1 unspecified atom stereocenters. The average Bonchev–Trinajstić information content (AvgIpc) is 2.72. The quantitative estimate of drug-likeness (QED) is 0.309. The van der Waals surface area contributed by atoms with E-state index >= 15 is 0 Å². The third-order valence-corrected chi connectivity index (χ3v) is 6.64. The lowest BCUT2D eigenvalue weighted by Gasteiger charge is -2.21. The van der Waals surface area contributed by atoms with Gasteiger partial charge in [0.25, 0.3) is 0 Å². The molecule has 0 aliphatic heterocycles. The van der Waals surface area contributed by atoms with Gasteiger partial charge in [0.2, 0.25) is 5.56 Å². The molecule has 0 spiro atoms. The Labute approximate surface area is 187 Å². The maximum Gasteiger partial charge on any atom is 0.250 e. The molecule has 31 heavy (non-hydrogen) atoms. The van der Waals surface area contributed by atoms with Gasteiger partial charge in [-0.2, -0.15) is 0 Å². The Morgan fingerprint density at radius 1 is 1.16 bits per heavy atom. The van der Waals surface area contributed by atoms with Crippen LogP contribution in [-0.2, 0) is 16.9 Å². The highest BCUT2D eigenvalue weighted by Crippen LogP contribution is 2.35. The first-order valence-electron chi connectivity index (χ1n) is 9.23. The highest BCUT2D eigenvalue weighted by Gasteiger charge is 2.25. The minimum atomic E-state index is -3.73. The molecular formula is C22H20BrFN2O4S. The fourth-order valence-electron chi connectivity index (χ4n) is 3.39. The number of hydrogen-bond donors (Lipinski definition) is 1. The number of rotatable bonds is 6. The standard InChI is InChI=1S/C22H20BrFN2O4S/c1-26-13-15(5-10-22(26)27)20(25-28)12-19(14-3-6-16(23)7-4-14)18-9-8-17(24)11-21(18)31(2,29)30/h3-11,13,19,28H,12H2,1-2H3. The second-order valence-electron chi connectivity index (χ2n) is 7.18. The van der Waals surface area contributed by atoms with E-state index in [0.29, 0.717) is 11.1 Å². The van der Waals surface area contributed by atoms with Gasteiger partial charge in [-0.15, -0.1) is 0 Å². The Hall–Kier alpha value is -2.78. The average molecular weight is 507 g/mol. The summed E-state index contributed by atoms with van der Waals surface area (Å²) in [5, 5.41) is 13.1. The largest absolute Gasteiger partial charge is 0.411 e. The number of aromatic nitrogens is 1. The molecule has 0 amide bonds. The number of oxime groups is 1. The van der Waals surface area contributed by atoms with Gasteiger partial charge in [-0.05, 0) is 41.5 Å². The minimum Gasteiger partial charge on any atom is -0.411 e. The molecule has 0 saturated heterocycles. The van der Waals surface area contributed by atoms with Crippen LogP contribution in [0.15, 0.2) is 80.1 Å². The Morgan fingerprint density at radius 2 is 1.84 bits per heavy atom. The first-order chi connectivity index (χ1) is 14.6. The molecule has 1 N–H and O–H groups in total. The Morgan fingerprint density at radius 3 is 2.42 bits per heavy atom. The van der Waals surface area contributed by atoms with E-state index in [1.54, 1.807) is 7.05 Å². The number of nitrogens with zero attached hydrogens (tertiary/aromatic N) is 2. The molecule has 0 bridgehead atoms. The third-order valence-electron chi connectivity index (χ3n) is 4.96. The van der Waals surface area contributed by atoms with Crippen LogP contribution in [0.4, 0.5) is 4.39 Å². The second-order valence-corrected chi connectivity index (χ2v) is 10.1. The number of benzene rings is 2. The summed E-state index contributed by atoms with van der Waals surface area (Å²) in [6, 6.07) is 13.8. The summed E-state index contributed by atoms with van der Waals surface area (Å²) in [5.74, 6) is -1.21. The maximum absolute atomic E-state index is 13.9. The molecule has 0 radical (unpaired) electrons. The van der Waals surface area contributed by atoms with E-state index in [2.05, 4.69) is 21.1 Å². The molecule has 2 aromatic carbocycles. The SMILES string of the molecule is Cn1cc(C(CC(c2ccc(Br)cc2)c2ccc(F)cc2S(C)(=O)=O)=NO)ccc1=O. The molecule has 0 saturated carbocycles. The van der Waals surface area contributed by atoms with E-state index in [4.69, 9.17) is 0 Å². The van der Waals surface area contributed by atoms with Crippen molar-refractivity contribution < 1.29 is 18.0 Å². The lowest BCUT2D eigenvalue weighted by atomic mass is 9.85. The summed E-state index contributed by atoms with van der Waals surface area (Å²) in [5.41, 5.74) is 1.69. The summed E-state index contributed by atoms with van der Waals surface area (Å²) >= 11 is 3.38. The summed E-state index contributed by atoms with van der Waals surface area (Å²) in [6.45, 7) is 0. The fraction of sp³-hybridized carbons (Fsp3) is 0.182. The molecule has 162 valence electrons. The summed E-state index contributed by atoms with van der Waals surface area (Å²) in [4.78, 5) is 11.6. The van der Waals surface area contributed by atoms with Crippen LogP contribution in [0.5, 0.6) is 0 Å². The van der Waals surface area contributed by atoms with E-state index in [0.717, 1.165) is 22.4 Å². The van der Waals surface area contributed by atoms with E-state index in [-0.39, 0.29) is 22.6 Å². The first kappa shape index (κ1) is 22.9. The lowest BCUT2D eigenvalue weighted by molar-refractivity contribution is 0.317. The van der Waals surface area contributed by atoms with Crippen LogP contribution in [-0.4, -0.2) is 30.2 Å². The summed E-state index contributed by atoms with van der Waals surface area (Å²) in [7, 11) is -2.16. The van der Waals surface area contributed by atoms with Gasteiger partial charge in [-0.25, -0.2) is 12.8 Å². The van der Waals surface area contributed by atoms with Gasteiger partial charge in [-0.3, -0.25) is 4.79 Å². The van der Waals surface area contributed by atoms with Crippen molar-refractivity contribution in [3.05, 3.63) is 98.1 Å². The molecule has 0 aliphatic rings. The van der Waals surface area contributed by atoms with Crippen molar-refractivity contribution in [2.75, 3.05) is 6.26 Å². The number of pyridine rings is 1. The topological polar surface area (TPSA) is 88.7 Å². The van der Waals surface area contributed by atoms with Crippen LogP contribution < -0.4 is 5.56 Å². The normalized spacial score (nSPS) is 13.2. The molecule has 0 aliphatic carbocycles. The van der Waals surface area contributed by atoms with Crippen molar-refractivity contribution in [1.82, 2.24) is 4.57 Å². The highest BCUT2D eigenvalue weighted by atomic mass is 79.9. The van der Waals surface area contributed by atoms with Crippen molar-refractivity contribution >= 4 is 31.5 Å².